The van der Waals surface area contributed by atoms with Crippen molar-refractivity contribution in [2.75, 3.05) is 5.32 Å². The van der Waals surface area contributed by atoms with Gasteiger partial charge in [0.25, 0.3) is 0 Å². The molecule has 0 atom stereocenters. The SMILES string of the molecule is O=C(Cc1ccccc1C(=O)O)Nc1nc(-c2ccccn2)cs1. The van der Waals surface area contributed by atoms with Crippen molar-refractivity contribution in [1.29, 1.82) is 0 Å². The second kappa shape index (κ2) is 7.01. The van der Waals surface area contributed by atoms with Crippen LogP contribution < -0.4 is 5.32 Å². The summed E-state index contributed by atoms with van der Waals surface area (Å²) in [6.07, 6.45) is 1.65. The molecule has 3 rings (SSSR count). The number of carbonyl (C=O) groups is 2. The molecule has 0 bridgehead atoms. The molecule has 0 aliphatic heterocycles. The molecule has 0 radical (unpaired) electrons. The molecule has 3 aromatic rings. The van der Waals surface area contributed by atoms with Crippen LogP contribution in [-0.4, -0.2) is 27.0 Å². The molecule has 0 aliphatic carbocycles. The number of amides is 1. The number of hydrogen-bond donors (Lipinski definition) is 2. The quantitative estimate of drug-likeness (QED) is 0.745. The first-order valence-corrected chi connectivity index (χ1v) is 7.99. The van der Waals surface area contributed by atoms with Crippen molar-refractivity contribution in [3.8, 4) is 11.4 Å². The van der Waals surface area contributed by atoms with Crippen molar-refractivity contribution in [3.63, 3.8) is 0 Å². The highest BCUT2D eigenvalue weighted by molar-refractivity contribution is 7.14. The minimum absolute atomic E-state index is 0.0268. The van der Waals surface area contributed by atoms with E-state index in [-0.39, 0.29) is 17.9 Å². The number of aromatic carboxylic acids is 1. The maximum Gasteiger partial charge on any atom is 0.335 e. The Morgan fingerprint density at radius 2 is 1.88 bits per heavy atom. The van der Waals surface area contributed by atoms with Gasteiger partial charge in [-0.3, -0.25) is 9.78 Å². The fourth-order valence-electron chi connectivity index (χ4n) is 2.18. The van der Waals surface area contributed by atoms with Crippen LogP contribution >= 0.6 is 11.3 Å². The lowest BCUT2D eigenvalue weighted by atomic mass is 10.0. The number of rotatable bonds is 5. The van der Waals surface area contributed by atoms with Gasteiger partial charge in [-0.15, -0.1) is 11.3 Å². The number of nitrogens with zero attached hydrogens (tertiary/aromatic N) is 2. The first kappa shape index (κ1) is 15.8. The van der Waals surface area contributed by atoms with E-state index < -0.39 is 5.97 Å². The normalized spacial score (nSPS) is 10.3. The average Bonchev–Trinajstić information content (AvgIpc) is 3.04. The van der Waals surface area contributed by atoms with E-state index in [1.807, 2.05) is 23.6 Å². The van der Waals surface area contributed by atoms with Crippen LogP contribution in [0.1, 0.15) is 15.9 Å². The number of anilines is 1. The summed E-state index contributed by atoms with van der Waals surface area (Å²) in [5.74, 6) is -1.37. The number of carboxylic acid groups (broad SMARTS) is 1. The van der Waals surface area contributed by atoms with Crippen molar-refractivity contribution >= 4 is 28.3 Å². The van der Waals surface area contributed by atoms with E-state index in [1.54, 1.807) is 24.4 Å². The van der Waals surface area contributed by atoms with Crippen LogP contribution in [0.3, 0.4) is 0 Å². The number of carboxylic acids is 1. The van der Waals surface area contributed by atoms with Crippen molar-refractivity contribution in [2.45, 2.75) is 6.42 Å². The maximum atomic E-state index is 12.1. The molecule has 0 spiro atoms. The number of carbonyl (C=O) groups excluding carboxylic acids is 1. The third-order valence-electron chi connectivity index (χ3n) is 3.28. The Bertz CT molecular complexity index is 878. The molecule has 24 heavy (non-hydrogen) atoms. The first-order valence-electron chi connectivity index (χ1n) is 7.11. The molecule has 0 aliphatic rings. The number of aromatic nitrogens is 2. The maximum absolute atomic E-state index is 12.1. The molecule has 2 heterocycles. The molecule has 6 nitrogen and oxygen atoms in total. The van der Waals surface area contributed by atoms with Crippen LogP contribution in [0.2, 0.25) is 0 Å². The monoisotopic (exact) mass is 339 g/mol. The molecule has 0 unspecified atom stereocenters. The topological polar surface area (TPSA) is 92.2 Å². The van der Waals surface area contributed by atoms with Crippen molar-refractivity contribution in [1.82, 2.24) is 9.97 Å². The summed E-state index contributed by atoms with van der Waals surface area (Å²) in [4.78, 5) is 31.9. The summed E-state index contributed by atoms with van der Waals surface area (Å²) in [5.41, 5.74) is 2.00. The van der Waals surface area contributed by atoms with Gasteiger partial charge in [0.05, 0.1) is 17.7 Å². The number of benzene rings is 1. The van der Waals surface area contributed by atoms with E-state index in [4.69, 9.17) is 5.11 Å². The van der Waals surface area contributed by atoms with E-state index in [1.165, 1.54) is 17.4 Å². The molecule has 1 aromatic carbocycles. The fourth-order valence-corrected chi connectivity index (χ4v) is 2.90. The number of pyridine rings is 1. The van der Waals surface area contributed by atoms with Gasteiger partial charge in [0.15, 0.2) is 5.13 Å². The first-order chi connectivity index (χ1) is 11.6. The van der Waals surface area contributed by atoms with E-state index in [0.717, 1.165) is 5.69 Å². The lowest BCUT2D eigenvalue weighted by Crippen LogP contribution is -2.16. The third-order valence-corrected chi connectivity index (χ3v) is 4.03. The second-order valence-corrected chi connectivity index (χ2v) is 5.80. The fraction of sp³-hybridized carbons (Fsp3) is 0.0588. The predicted octanol–water partition coefficient (Wildman–Crippen LogP) is 3.08. The molecule has 0 fully saturated rings. The zero-order valence-corrected chi connectivity index (χ0v) is 13.3. The van der Waals surface area contributed by atoms with Gasteiger partial charge in [-0.25, -0.2) is 9.78 Å². The molecule has 0 saturated heterocycles. The van der Waals surface area contributed by atoms with Gasteiger partial charge < -0.3 is 10.4 Å². The standard InChI is InChI=1S/C17H13N3O3S/c21-15(9-11-5-1-2-6-12(11)16(22)23)20-17-19-14(10-24-17)13-7-3-4-8-18-13/h1-8,10H,9H2,(H,22,23)(H,19,20,21). The van der Waals surface area contributed by atoms with Crippen LogP contribution in [0.5, 0.6) is 0 Å². The van der Waals surface area contributed by atoms with Crippen LogP contribution in [0.4, 0.5) is 5.13 Å². The second-order valence-electron chi connectivity index (χ2n) is 4.94. The predicted molar refractivity (Wildman–Crippen MR) is 91.1 cm³/mol. The molecule has 1 amide bonds. The van der Waals surface area contributed by atoms with Crippen molar-refractivity contribution < 1.29 is 14.7 Å². The Balaban J connectivity index is 1.70. The van der Waals surface area contributed by atoms with Gasteiger partial charge in [-0.05, 0) is 23.8 Å². The Labute approximate surface area is 141 Å². The molecule has 2 N–H and O–H groups in total. The summed E-state index contributed by atoms with van der Waals surface area (Å²) >= 11 is 1.29. The van der Waals surface area contributed by atoms with Crippen molar-refractivity contribution in [3.05, 3.63) is 65.2 Å². The van der Waals surface area contributed by atoms with E-state index in [9.17, 15) is 9.59 Å². The van der Waals surface area contributed by atoms with Crippen LogP contribution in [0, 0.1) is 0 Å². The highest BCUT2D eigenvalue weighted by Gasteiger charge is 2.14. The van der Waals surface area contributed by atoms with Crippen LogP contribution in [0.25, 0.3) is 11.4 Å². The smallest absolute Gasteiger partial charge is 0.335 e. The minimum atomic E-state index is -1.05. The largest absolute Gasteiger partial charge is 0.478 e. The number of thiazole rings is 1. The minimum Gasteiger partial charge on any atom is -0.478 e. The van der Waals surface area contributed by atoms with Gasteiger partial charge in [-0.2, -0.15) is 0 Å². The highest BCUT2D eigenvalue weighted by atomic mass is 32.1. The summed E-state index contributed by atoms with van der Waals surface area (Å²) in [6, 6.07) is 12.0. The van der Waals surface area contributed by atoms with Gasteiger partial charge >= 0.3 is 5.97 Å². The zero-order valence-electron chi connectivity index (χ0n) is 12.5. The lowest BCUT2D eigenvalue weighted by molar-refractivity contribution is -0.115. The summed E-state index contributed by atoms with van der Waals surface area (Å²) < 4.78 is 0. The van der Waals surface area contributed by atoms with Gasteiger partial charge in [0.2, 0.25) is 5.91 Å². The molecule has 0 saturated carbocycles. The van der Waals surface area contributed by atoms with E-state index >= 15 is 0 Å². The van der Waals surface area contributed by atoms with Crippen molar-refractivity contribution in [2.24, 2.45) is 0 Å². The van der Waals surface area contributed by atoms with Gasteiger partial charge in [0, 0.05) is 11.6 Å². The molecule has 7 heteroatoms. The Morgan fingerprint density at radius 3 is 2.62 bits per heavy atom. The molecule has 2 aromatic heterocycles. The Kier molecular flexibility index (Phi) is 4.62. The average molecular weight is 339 g/mol. The molecular formula is C17H13N3O3S. The molecule has 120 valence electrons. The van der Waals surface area contributed by atoms with Gasteiger partial charge in [0.1, 0.15) is 5.69 Å². The Hall–Kier alpha value is -3.06. The number of nitrogens with one attached hydrogen (secondary N) is 1. The van der Waals surface area contributed by atoms with Crippen LogP contribution in [-0.2, 0) is 11.2 Å². The summed E-state index contributed by atoms with van der Waals surface area (Å²) in [5, 5.41) is 14.1. The highest BCUT2D eigenvalue weighted by Crippen LogP contribution is 2.23. The third kappa shape index (κ3) is 3.64. The summed E-state index contributed by atoms with van der Waals surface area (Å²) in [7, 11) is 0. The lowest BCUT2D eigenvalue weighted by Gasteiger charge is -2.05. The number of hydrogen-bond acceptors (Lipinski definition) is 5. The van der Waals surface area contributed by atoms with Gasteiger partial charge in [-0.1, -0.05) is 24.3 Å². The van der Waals surface area contributed by atoms with Crippen LogP contribution in [0.15, 0.2) is 54.0 Å². The molecular weight excluding hydrogens is 326 g/mol. The Morgan fingerprint density at radius 1 is 1.08 bits per heavy atom. The van der Waals surface area contributed by atoms with E-state index in [2.05, 4.69) is 15.3 Å². The van der Waals surface area contributed by atoms with E-state index in [0.29, 0.717) is 16.4 Å². The zero-order chi connectivity index (χ0) is 16.9. The summed E-state index contributed by atoms with van der Waals surface area (Å²) in [6.45, 7) is 0.